The van der Waals surface area contributed by atoms with E-state index in [-0.39, 0.29) is 24.2 Å². The number of aryl methyl sites for hydroxylation is 2. The third kappa shape index (κ3) is 5.11. The summed E-state index contributed by atoms with van der Waals surface area (Å²) in [5.74, 6) is 1.44. The van der Waals surface area contributed by atoms with Gasteiger partial charge < -0.3 is 19.1 Å². The van der Waals surface area contributed by atoms with Crippen molar-refractivity contribution in [2.24, 2.45) is 0 Å². The molecule has 1 unspecified atom stereocenters. The summed E-state index contributed by atoms with van der Waals surface area (Å²) in [6.07, 6.45) is 3.45. The molecule has 1 spiro atoms. The smallest absolute Gasteiger partial charge is 0.260 e. The Kier molecular flexibility index (Phi) is 6.23. The van der Waals surface area contributed by atoms with Crippen molar-refractivity contribution < 1.29 is 19.0 Å². The predicted octanol–water partition coefficient (Wildman–Crippen LogP) is 3.70. The SMILES string of the molecule is Cc1cccc(OCC(=O)N2CCC3(CC2)CC(Oc2cccc(C)n2)CCO3)c1. The van der Waals surface area contributed by atoms with Crippen LogP contribution in [0.1, 0.15) is 36.9 Å². The van der Waals surface area contributed by atoms with Gasteiger partial charge in [0.05, 0.1) is 12.2 Å². The lowest BCUT2D eigenvalue weighted by molar-refractivity contribution is -0.153. The highest BCUT2D eigenvalue weighted by Crippen LogP contribution is 2.36. The largest absolute Gasteiger partial charge is 0.484 e. The van der Waals surface area contributed by atoms with Crippen LogP contribution >= 0.6 is 0 Å². The molecule has 2 aliphatic rings. The molecule has 1 atom stereocenters. The van der Waals surface area contributed by atoms with Gasteiger partial charge in [-0.05, 0) is 50.5 Å². The molecular formula is C24H30N2O4. The van der Waals surface area contributed by atoms with Gasteiger partial charge in [0.2, 0.25) is 5.88 Å². The number of rotatable bonds is 5. The first-order chi connectivity index (χ1) is 14.5. The monoisotopic (exact) mass is 410 g/mol. The van der Waals surface area contributed by atoms with E-state index in [1.54, 1.807) is 0 Å². The molecule has 1 aromatic heterocycles. The highest BCUT2D eigenvalue weighted by molar-refractivity contribution is 5.77. The van der Waals surface area contributed by atoms with E-state index in [1.807, 2.05) is 61.2 Å². The van der Waals surface area contributed by atoms with E-state index in [0.29, 0.717) is 25.6 Å². The van der Waals surface area contributed by atoms with Gasteiger partial charge in [0.1, 0.15) is 11.9 Å². The Morgan fingerprint density at radius 3 is 2.77 bits per heavy atom. The quantitative estimate of drug-likeness (QED) is 0.752. The van der Waals surface area contributed by atoms with Gasteiger partial charge in [-0.1, -0.05) is 18.2 Å². The van der Waals surface area contributed by atoms with Gasteiger partial charge in [0, 0.05) is 37.7 Å². The van der Waals surface area contributed by atoms with Crippen molar-refractivity contribution in [2.45, 2.75) is 51.2 Å². The molecule has 0 aliphatic carbocycles. The molecule has 6 heteroatoms. The van der Waals surface area contributed by atoms with E-state index in [9.17, 15) is 4.79 Å². The molecule has 2 saturated heterocycles. The zero-order valence-electron chi connectivity index (χ0n) is 17.8. The maximum absolute atomic E-state index is 12.6. The standard InChI is InChI=1S/C24H30N2O4/c1-18-5-3-7-20(15-18)28-17-23(27)26-12-10-24(11-13-26)16-21(9-14-29-24)30-22-8-4-6-19(2)25-22/h3-8,15,21H,9-14,16-17H2,1-2H3. The van der Waals surface area contributed by atoms with Crippen LogP contribution in [0.15, 0.2) is 42.5 Å². The number of carbonyl (C=O) groups excluding carboxylic acids is 1. The van der Waals surface area contributed by atoms with E-state index < -0.39 is 0 Å². The summed E-state index contributed by atoms with van der Waals surface area (Å²) in [5.41, 5.74) is 1.86. The van der Waals surface area contributed by atoms with Crippen LogP contribution in [0, 0.1) is 13.8 Å². The molecule has 30 heavy (non-hydrogen) atoms. The van der Waals surface area contributed by atoms with Crippen LogP contribution in [0.25, 0.3) is 0 Å². The van der Waals surface area contributed by atoms with E-state index in [0.717, 1.165) is 42.7 Å². The predicted molar refractivity (Wildman–Crippen MR) is 114 cm³/mol. The summed E-state index contributed by atoms with van der Waals surface area (Å²) >= 11 is 0. The number of ether oxygens (including phenoxy) is 3. The minimum absolute atomic E-state index is 0.0268. The van der Waals surface area contributed by atoms with Crippen LogP contribution in [0.3, 0.4) is 0 Å². The van der Waals surface area contributed by atoms with E-state index in [1.165, 1.54) is 0 Å². The molecule has 1 amide bonds. The number of hydrogen-bond acceptors (Lipinski definition) is 5. The lowest BCUT2D eigenvalue weighted by Crippen LogP contribution is -2.53. The first-order valence-corrected chi connectivity index (χ1v) is 10.7. The highest BCUT2D eigenvalue weighted by Gasteiger charge is 2.42. The number of aromatic nitrogens is 1. The van der Waals surface area contributed by atoms with Crippen LogP contribution in [0.2, 0.25) is 0 Å². The second-order valence-corrected chi connectivity index (χ2v) is 8.37. The Labute approximate surface area is 178 Å². The lowest BCUT2D eigenvalue weighted by atomic mass is 9.83. The number of likely N-dealkylation sites (tertiary alicyclic amines) is 1. The van der Waals surface area contributed by atoms with Crippen molar-refractivity contribution in [1.82, 2.24) is 9.88 Å². The molecule has 2 fully saturated rings. The Hall–Kier alpha value is -2.60. The summed E-state index contributed by atoms with van der Waals surface area (Å²) in [7, 11) is 0. The fraction of sp³-hybridized carbons (Fsp3) is 0.500. The molecule has 6 nitrogen and oxygen atoms in total. The Balaban J connectivity index is 1.28. The molecular weight excluding hydrogens is 380 g/mol. The maximum Gasteiger partial charge on any atom is 0.260 e. The van der Waals surface area contributed by atoms with Crippen molar-refractivity contribution >= 4 is 5.91 Å². The van der Waals surface area contributed by atoms with E-state index in [2.05, 4.69) is 4.98 Å². The van der Waals surface area contributed by atoms with Crippen molar-refractivity contribution in [2.75, 3.05) is 26.3 Å². The number of piperidine rings is 1. The van der Waals surface area contributed by atoms with Gasteiger partial charge in [-0.25, -0.2) is 4.98 Å². The fourth-order valence-corrected chi connectivity index (χ4v) is 4.29. The molecule has 2 aromatic rings. The van der Waals surface area contributed by atoms with Gasteiger partial charge in [-0.15, -0.1) is 0 Å². The van der Waals surface area contributed by atoms with Gasteiger partial charge >= 0.3 is 0 Å². The van der Waals surface area contributed by atoms with Crippen molar-refractivity contribution in [3.8, 4) is 11.6 Å². The van der Waals surface area contributed by atoms with Gasteiger partial charge in [-0.2, -0.15) is 0 Å². The topological polar surface area (TPSA) is 60.9 Å². The molecule has 0 saturated carbocycles. The number of nitrogens with zero attached hydrogens (tertiary/aromatic N) is 2. The maximum atomic E-state index is 12.6. The molecule has 0 N–H and O–H groups in total. The normalized spacial score (nSPS) is 20.7. The third-order valence-electron chi connectivity index (χ3n) is 5.98. The minimum Gasteiger partial charge on any atom is -0.484 e. The number of benzene rings is 1. The fourth-order valence-electron chi connectivity index (χ4n) is 4.29. The van der Waals surface area contributed by atoms with Crippen LogP contribution in [-0.2, 0) is 9.53 Å². The van der Waals surface area contributed by atoms with Crippen molar-refractivity contribution in [3.63, 3.8) is 0 Å². The summed E-state index contributed by atoms with van der Waals surface area (Å²) in [6.45, 7) is 6.10. The summed E-state index contributed by atoms with van der Waals surface area (Å²) in [6, 6.07) is 13.6. The van der Waals surface area contributed by atoms with Gasteiger partial charge in [-0.3, -0.25) is 4.79 Å². The first kappa shape index (κ1) is 20.7. The second kappa shape index (κ2) is 9.04. The zero-order valence-corrected chi connectivity index (χ0v) is 17.8. The van der Waals surface area contributed by atoms with E-state index >= 15 is 0 Å². The average Bonchev–Trinajstić information content (AvgIpc) is 2.73. The Morgan fingerprint density at radius 2 is 2.00 bits per heavy atom. The van der Waals surface area contributed by atoms with Crippen LogP contribution < -0.4 is 9.47 Å². The molecule has 3 heterocycles. The van der Waals surface area contributed by atoms with Crippen LogP contribution in [0.4, 0.5) is 0 Å². The molecule has 1 aromatic carbocycles. The molecule has 0 bridgehead atoms. The lowest BCUT2D eigenvalue weighted by Gasteiger charge is -2.45. The second-order valence-electron chi connectivity index (χ2n) is 8.37. The molecule has 4 rings (SSSR count). The number of amides is 1. The van der Waals surface area contributed by atoms with E-state index in [4.69, 9.17) is 14.2 Å². The third-order valence-corrected chi connectivity index (χ3v) is 5.98. The number of hydrogen-bond donors (Lipinski definition) is 0. The molecule has 160 valence electrons. The number of pyridine rings is 1. The minimum atomic E-state index is -0.207. The van der Waals surface area contributed by atoms with Gasteiger partial charge in [0.15, 0.2) is 6.61 Å². The van der Waals surface area contributed by atoms with Crippen LogP contribution in [-0.4, -0.2) is 53.8 Å². The summed E-state index contributed by atoms with van der Waals surface area (Å²) in [4.78, 5) is 18.9. The molecule has 0 radical (unpaired) electrons. The van der Waals surface area contributed by atoms with Crippen LogP contribution in [0.5, 0.6) is 11.6 Å². The zero-order chi connectivity index (χ0) is 21.0. The summed E-state index contributed by atoms with van der Waals surface area (Å²) < 4.78 is 18.0. The average molecular weight is 411 g/mol. The summed E-state index contributed by atoms with van der Waals surface area (Å²) in [5, 5.41) is 0. The Morgan fingerprint density at radius 1 is 1.20 bits per heavy atom. The van der Waals surface area contributed by atoms with Gasteiger partial charge in [0.25, 0.3) is 5.91 Å². The highest BCUT2D eigenvalue weighted by atomic mass is 16.5. The number of carbonyl (C=O) groups is 1. The first-order valence-electron chi connectivity index (χ1n) is 10.7. The Bertz CT molecular complexity index is 877. The van der Waals surface area contributed by atoms with Crippen molar-refractivity contribution in [3.05, 3.63) is 53.7 Å². The van der Waals surface area contributed by atoms with Crippen molar-refractivity contribution in [1.29, 1.82) is 0 Å². The molecule has 2 aliphatic heterocycles.